The van der Waals surface area contributed by atoms with E-state index in [1.165, 1.54) is 12.4 Å². The maximum absolute atomic E-state index is 13.1. The number of hydrogen-bond donors (Lipinski definition) is 2. The zero-order chi connectivity index (χ0) is 23.5. The monoisotopic (exact) mass is 494 g/mol. The lowest BCUT2D eigenvalue weighted by Crippen LogP contribution is -2.37. The number of alkyl halides is 1. The van der Waals surface area contributed by atoms with E-state index in [1.807, 2.05) is 0 Å². The Morgan fingerprint density at radius 3 is 2.58 bits per heavy atom. The van der Waals surface area contributed by atoms with Crippen LogP contribution in [0.15, 0.2) is 18.5 Å². The number of ether oxygens (including phenoxy) is 1. The Bertz CT molecular complexity index is 1140. The van der Waals surface area contributed by atoms with Crippen molar-refractivity contribution < 1.29 is 13.9 Å². The Hall–Kier alpha value is -2.65. The first-order valence-corrected chi connectivity index (χ1v) is 11.6. The molecule has 1 amide bonds. The highest BCUT2D eigenvalue weighted by atomic mass is 35.5. The predicted molar refractivity (Wildman–Crippen MR) is 126 cm³/mol. The Labute approximate surface area is 200 Å². The average molecular weight is 495 g/mol. The SMILES string of the molecule is CC1CCC(NC(=O)c2cc3nc(Nc4c(Cl)cncc4Cl)n(C)c3nc2OCCF)CC1. The molecule has 8 nitrogen and oxygen atoms in total. The fourth-order valence-corrected chi connectivity index (χ4v) is 4.38. The molecule has 3 aromatic rings. The molecule has 1 fully saturated rings. The summed E-state index contributed by atoms with van der Waals surface area (Å²) in [6.07, 6.45) is 6.93. The van der Waals surface area contributed by atoms with Crippen molar-refractivity contribution in [2.45, 2.75) is 38.6 Å². The summed E-state index contributed by atoms with van der Waals surface area (Å²) in [5, 5.41) is 6.81. The lowest BCUT2D eigenvalue weighted by atomic mass is 9.87. The smallest absolute Gasteiger partial charge is 0.257 e. The molecule has 0 aromatic carbocycles. The third-order valence-electron chi connectivity index (χ3n) is 5.81. The molecule has 33 heavy (non-hydrogen) atoms. The van der Waals surface area contributed by atoms with Gasteiger partial charge < -0.3 is 15.4 Å². The van der Waals surface area contributed by atoms with Crippen molar-refractivity contribution in [3.05, 3.63) is 34.1 Å². The minimum absolute atomic E-state index is 0.0661. The summed E-state index contributed by atoms with van der Waals surface area (Å²) in [5.74, 6) is 0.832. The molecule has 1 saturated carbocycles. The summed E-state index contributed by atoms with van der Waals surface area (Å²) >= 11 is 12.4. The maximum atomic E-state index is 13.1. The molecule has 0 spiro atoms. The van der Waals surface area contributed by atoms with Gasteiger partial charge in [0.1, 0.15) is 24.4 Å². The number of nitrogens with zero attached hydrogens (tertiary/aromatic N) is 4. The number of carbonyl (C=O) groups is 1. The molecule has 0 aliphatic heterocycles. The van der Waals surface area contributed by atoms with Crippen molar-refractivity contribution in [2.75, 3.05) is 18.6 Å². The van der Waals surface area contributed by atoms with E-state index >= 15 is 0 Å². The number of imidazole rings is 1. The largest absolute Gasteiger partial charge is 0.474 e. The second kappa shape index (κ2) is 10.1. The predicted octanol–water partition coefficient (Wildman–Crippen LogP) is 5.07. The highest BCUT2D eigenvalue weighted by Crippen LogP contribution is 2.33. The van der Waals surface area contributed by atoms with Gasteiger partial charge in [0.15, 0.2) is 5.65 Å². The summed E-state index contributed by atoms with van der Waals surface area (Å²) in [5.41, 5.74) is 1.59. The van der Waals surface area contributed by atoms with Gasteiger partial charge in [-0.2, -0.15) is 4.98 Å². The first kappa shape index (κ1) is 23.5. The van der Waals surface area contributed by atoms with Crippen molar-refractivity contribution in [3.63, 3.8) is 0 Å². The molecule has 0 unspecified atom stereocenters. The Morgan fingerprint density at radius 1 is 1.21 bits per heavy atom. The fourth-order valence-electron chi connectivity index (χ4n) is 3.93. The Morgan fingerprint density at radius 2 is 1.91 bits per heavy atom. The van der Waals surface area contributed by atoms with E-state index in [-0.39, 0.29) is 30.0 Å². The second-order valence-electron chi connectivity index (χ2n) is 8.25. The van der Waals surface area contributed by atoms with Crippen LogP contribution >= 0.6 is 23.2 Å². The lowest BCUT2D eigenvalue weighted by Gasteiger charge is -2.27. The molecule has 0 bridgehead atoms. The van der Waals surface area contributed by atoms with Gasteiger partial charge in [-0.1, -0.05) is 30.1 Å². The van der Waals surface area contributed by atoms with Gasteiger partial charge in [0, 0.05) is 25.5 Å². The summed E-state index contributed by atoms with van der Waals surface area (Å²) in [7, 11) is 1.75. The first-order chi connectivity index (χ1) is 15.9. The summed E-state index contributed by atoms with van der Waals surface area (Å²) in [6.45, 7) is 1.32. The topological polar surface area (TPSA) is 94.0 Å². The van der Waals surface area contributed by atoms with E-state index in [0.29, 0.717) is 38.8 Å². The third-order valence-corrected chi connectivity index (χ3v) is 6.38. The van der Waals surface area contributed by atoms with Crippen molar-refractivity contribution in [2.24, 2.45) is 13.0 Å². The van der Waals surface area contributed by atoms with Gasteiger partial charge in [-0.15, -0.1) is 0 Å². The zero-order valence-electron chi connectivity index (χ0n) is 18.4. The standard InChI is InChI=1S/C22H25Cl2FN6O2/c1-12-3-5-13(6-4-12)27-20(32)14-9-17-19(30-21(14)33-8-7-25)31(2)22(28-17)29-18-15(23)10-26-11-16(18)24/h9-13H,3-8H2,1-2H3,(H,27,32)(H,26,28,29). The maximum Gasteiger partial charge on any atom is 0.257 e. The highest BCUT2D eigenvalue weighted by Gasteiger charge is 2.24. The molecule has 3 heterocycles. The Kier molecular flexibility index (Phi) is 7.19. The molecule has 3 aromatic heterocycles. The quantitative estimate of drug-likeness (QED) is 0.476. The van der Waals surface area contributed by atoms with E-state index in [9.17, 15) is 9.18 Å². The molecule has 11 heteroatoms. The fraction of sp³-hybridized carbons (Fsp3) is 0.455. The summed E-state index contributed by atoms with van der Waals surface area (Å²) in [4.78, 5) is 26.0. The van der Waals surface area contributed by atoms with Crippen LogP contribution in [0.25, 0.3) is 11.2 Å². The lowest BCUT2D eigenvalue weighted by molar-refractivity contribution is 0.0917. The third kappa shape index (κ3) is 5.14. The number of halogens is 3. The van der Waals surface area contributed by atoms with Crippen molar-refractivity contribution >= 4 is 51.9 Å². The number of aryl methyl sites for hydroxylation is 1. The minimum atomic E-state index is -0.696. The number of hydrogen-bond acceptors (Lipinski definition) is 6. The van der Waals surface area contributed by atoms with Crippen LogP contribution in [0.4, 0.5) is 16.0 Å². The van der Waals surface area contributed by atoms with E-state index in [0.717, 1.165) is 25.7 Å². The molecule has 0 radical (unpaired) electrons. The molecule has 4 rings (SSSR count). The minimum Gasteiger partial charge on any atom is -0.474 e. The molecule has 1 aliphatic rings. The van der Waals surface area contributed by atoms with Gasteiger partial charge in [0.2, 0.25) is 11.8 Å². The van der Waals surface area contributed by atoms with Crippen LogP contribution in [0.5, 0.6) is 5.88 Å². The highest BCUT2D eigenvalue weighted by molar-refractivity contribution is 6.39. The number of rotatable bonds is 7. The summed E-state index contributed by atoms with van der Waals surface area (Å²) < 4.78 is 20.0. The van der Waals surface area contributed by atoms with Gasteiger partial charge in [0.25, 0.3) is 5.91 Å². The molecular formula is C22H25Cl2FN6O2. The number of aromatic nitrogens is 4. The number of pyridine rings is 2. The molecule has 0 atom stereocenters. The van der Waals surface area contributed by atoms with Crippen molar-refractivity contribution in [1.29, 1.82) is 0 Å². The van der Waals surface area contributed by atoms with Crippen LogP contribution in [0, 0.1) is 5.92 Å². The normalized spacial score (nSPS) is 18.3. The van der Waals surface area contributed by atoms with Crippen LogP contribution < -0.4 is 15.4 Å². The van der Waals surface area contributed by atoms with Crippen LogP contribution in [0.1, 0.15) is 43.0 Å². The zero-order valence-corrected chi connectivity index (χ0v) is 19.9. The van der Waals surface area contributed by atoms with E-state index < -0.39 is 6.67 Å². The number of fused-ring (bicyclic) bond motifs is 1. The van der Waals surface area contributed by atoms with Gasteiger partial charge in [0.05, 0.1) is 15.7 Å². The van der Waals surface area contributed by atoms with Crippen molar-refractivity contribution in [1.82, 2.24) is 24.8 Å². The van der Waals surface area contributed by atoms with Gasteiger partial charge in [-0.3, -0.25) is 14.3 Å². The number of anilines is 2. The molecule has 1 aliphatic carbocycles. The second-order valence-corrected chi connectivity index (χ2v) is 9.06. The molecular weight excluding hydrogens is 470 g/mol. The van der Waals surface area contributed by atoms with Crippen LogP contribution in [0.2, 0.25) is 10.0 Å². The van der Waals surface area contributed by atoms with Gasteiger partial charge in [-0.05, 0) is 37.7 Å². The number of amides is 1. The molecule has 176 valence electrons. The van der Waals surface area contributed by atoms with E-state index in [4.69, 9.17) is 27.9 Å². The van der Waals surface area contributed by atoms with Crippen LogP contribution in [-0.4, -0.2) is 44.7 Å². The van der Waals surface area contributed by atoms with E-state index in [2.05, 4.69) is 32.5 Å². The molecule has 2 N–H and O–H groups in total. The summed E-state index contributed by atoms with van der Waals surface area (Å²) in [6, 6.07) is 1.70. The van der Waals surface area contributed by atoms with Crippen molar-refractivity contribution in [3.8, 4) is 5.88 Å². The first-order valence-electron chi connectivity index (χ1n) is 10.8. The number of carbonyl (C=O) groups excluding carboxylic acids is 1. The molecule has 0 saturated heterocycles. The average Bonchev–Trinajstić information content (AvgIpc) is 3.10. The van der Waals surface area contributed by atoms with Crippen LogP contribution in [0.3, 0.4) is 0 Å². The van der Waals surface area contributed by atoms with Gasteiger partial charge >= 0.3 is 0 Å². The van der Waals surface area contributed by atoms with Gasteiger partial charge in [-0.25, -0.2) is 9.37 Å². The number of nitrogens with one attached hydrogen (secondary N) is 2. The Balaban J connectivity index is 1.67. The van der Waals surface area contributed by atoms with E-state index in [1.54, 1.807) is 17.7 Å². The van der Waals surface area contributed by atoms with Crippen LogP contribution in [-0.2, 0) is 7.05 Å².